The van der Waals surface area contributed by atoms with Gasteiger partial charge in [-0.25, -0.2) is 8.42 Å². The molecule has 0 amide bonds. The van der Waals surface area contributed by atoms with E-state index in [1.165, 1.54) is 6.26 Å². The zero-order chi connectivity index (χ0) is 13.3. The van der Waals surface area contributed by atoms with Gasteiger partial charge >= 0.3 is 0 Å². The van der Waals surface area contributed by atoms with E-state index in [0.29, 0.717) is 13.1 Å². The molecule has 0 saturated heterocycles. The molecule has 1 rings (SSSR count). The van der Waals surface area contributed by atoms with Gasteiger partial charge in [-0.15, -0.1) is 0 Å². The molecule has 6 heteroatoms. The van der Waals surface area contributed by atoms with Crippen LogP contribution in [-0.4, -0.2) is 35.7 Å². The third kappa shape index (κ3) is 3.54. The van der Waals surface area contributed by atoms with Gasteiger partial charge in [-0.1, -0.05) is 0 Å². The molecule has 1 aromatic heterocycles. The summed E-state index contributed by atoms with van der Waals surface area (Å²) >= 11 is 0. The first-order valence-electron chi connectivity index (χ1n) is 5.53. The van der Waals surface area contributed by atoms with E-state index in [1.807, 2.05) is 20.2 Å². The van der Waals surface area contributed by atoms with Crippen molar-refractivity contribution in [1.29, 1.82) is 0 Å². The highest BCUT2D eigenvalue weighted by Crippen LogP contribution is 2.14. The average Bonchev–Trinajstić information content (AvgIpc) is 2.43. The Hall–Kier alpha value is -0.880. The summed E-state index contributed by atoms with van der Waals surface area (Å²) in [4.78, 5) is 0. The van der Waals surface area contributed by atoms with Crippen LogP contribution in [0.3, 0.4) is 0 Å². The number of hydrogen-bond acceptors (Lipinski definition) is 4. The number of sulfone groups is 1. The average molecular weight is 259 g/mol. The highest BCUT2D eigenvalue weighted by molar-refractivity contribution is 7.92. The molecule has 0 aliphatic rings. The summed E-state index contributed by atoms with van der Waals surface area (Å²) in [5.41, 5.74) is 2.06. The predicted molar refractivity (Wildman–Crippen MR) is 68.6 cm³/mol. The lowest BCUT2D eigenvalue weighted by molar-refractivity contribution is 0.521. The molecule has 1 N–H and O–H groups in total. The van der Waals surface area contributed by atoms with Crippen LogP contribution in [0, 0.1) is 6.92 Å². The van der Waals surface area contributed by atoms with Crippen molar-refractivity contribution in [3.05, 3.63) is 17.5 Å². The van der Waals surface area contributed by atoms with Crippen molar-refractivity contribution < 1.29 is 8.42 Å². The van der Waals surface area contributed by atoms with Gasteiger partial charge in [0.2, 0.25) is 0 Å². The quantitative estimate of drug-likeness (QED) is 0.843. The summed E-state index contributed by atoms with van der Waals surface area (Å²) in [6.07, 6.45) is 3.21. The molecule has 0 aliphatic carbocycles. The van der Waals surface area contributed by atoms with Gasteiger partial charge in [0, 0.05) is 38.2 Å². The summed E-state index contributed by atoms with van der Waals surface area (Å²) < 4.78 is 24.0. The van der Waals surface area contributed by atoms with Crippen LogP contribution >= 0.6 is 0 Å². The van der Waals surface area contributed by atoms with Crippen molar-refractivity contribution >= 4 is 9.84 Å². The number of nitrogens with one attached hydrogen (secondary N) is 1. The molecular weight excluding hydrogens is 238 g/mol. The maximum absolute atomic E-state index is 11.5. The molecule has 0 atom stereocenters. The Kier molecular flexibility index (Phi) is 3.99. The molecule has 0 fully saturated rings. The van der Waals surface area contributed by atoms with E-state index in [2.05, 4.69) is 10.4 Å². The van der Waals surface area contributed by atoms with E-state index in [9.17, 15) is 8.42 Å². The van der Waals surface area contributed by atoms with Gasteiger partial charge < -0.3 is 5.32 Å². The zero-order valence-electron chi connectivity index (χ0n) is 11.1. The molecular formula is C11H21N3O2S. The second-order valence-electron chi connectivity index (χ2n) is 5.05. The molecule has 1 aromatic rings. The maximum atomic E-state index is 11.5. The Morgan fingerprint density at radius 1 is 1.47 bits per heavy atom. The summed E-state index contributed by atoms with van der Waals surface area (Å²) in [6.45, 7) is 6.47. The number of aryl methyl sites for hydroxylation is 2. The summed E-state index contributed by atoms with van der Waals surface area (Å²) in [7, 11) is -1.17. The van der Waals surface area contributed by atoms with Crippen LogP contribution < -0.4 is 5.32 Å². The topological polar surface area (TPSA) is 64.0 Å². The molecule has 17 heavy (non-hydrogen) atoms. The van der Waals surface area contributed by atoms with Crippen LogP contribution in [0.25, 0.3) is 0 Å². The van der Waals surface area contributed by atoms with Gasteiger partial charge in [0.05, 0.1) is 10.4 Å². The molecule has 0 saturated carbocycles. The summed E-state index contributed by atoms with van der Waals surface area (Å²) in [5.74, 6) is 0. The maximum Gasteiger partial charge on any atom is 0.153 e. The van der Waals surface area contributed by atoms with Gasteiger partial charge in [0.1, 0.15) is 0 Å². The lowest BCUT2D eigenvalue weighted by Gasteiger charge is -2.22. The van der Waals surface area contributed by atoms with Crippen LogP contribution in [-0.2, 0) is 23.4 Å². The first-order chi connectivity index (χ1) is 7.63. The molecule has 1 heterocycles. The third-order valence-corrected chi connectivity index (χ3v) is 5.14. The van der Waals surface area contributed by atoms with Crippen molar-refractivity contribution in [3.8, 4) is 0 Å². The van der Waals surface area contributed by atoms with Crippen molar-refractivity contribution in [2.45, 2.75) is 32.1 Å². The highest BCUT2D eigenvalue weighted by Gasteiger charge is 2.29. The monoisotopic (exact) mass is 259 g/mol. The normalized spacial score (nSPS) is 13.0. The molecule has 0 radical (unpaired) electrons. The zero-order valence-corrected chi connectivity index (χ0v) is 11.9. The van der Waals surface area contributed by atoms with Crippen molar-refractivity contribution in [1.82, 2.24) is 15.1 Å². The Balaban J connectivity index is 2.57. The highest BCUT2D eigenvalue weighted by atomic mass is 32.2. The van der Waals surface area contributed by atoms with Crippen molar-refractivity contribution in [2.75, 3.05) is 12.8 Å². The second kappa shape index (κ2) is 4.78. The van der Waals surface area contributed by atoms with Crippen LogP contribution in [0.2, 0.25) is 0 Å². The molecule has 0 aliphatic heterocycles. The van der Waals surface area contributed by atoms with Crippen LogP contribution in [0.15, 0.2) is 6.20 Å². The molecule has 0 spiro atoms. The fourth-order valence-electron chi connectivity index (χ4n) is 1.45. The van der Waals surface area contributed by atoms with E-state index in [0.717, 1.165) is 11.3 Å². The molecule has 0 bridgehead atoms. The van der Waals surface area contributed by atoms with Crippen LogP contribution in [0.5, 0.6) is 0 Å². The third-order valence-electron chi connectivity index (χ3n) is 2.99. The van der Waals surface area contributed by atoms with Gasteiger partial charge in [-0.3, -0.25) is 4.68 Å². The standard InChI is InChI=1S/C11H21N3O2S/c1-9-10(7-14(4)13-9)6-12-8-11(2,3)17(5,15)16/h7,12H,6,8H2,1-5H3. The minimum atomic E-state index is -3.05. The van der Waals surface area contributed by atoms with E-state index < -0.39 is 14.6 Å². The van der Waals surface area contributed by atoms with E-state index >= 15 is 0 Å². The smallest absolute Gasteiger partial charge is 0.153 e. The van der Waals surface area contributed by atoms with Crippen molar-refractivity contribution in [2.24, 2.45) is 7.05 Å². The summed E-state index contributed by atoms with van der Waals surface area (Å²) in [6, 6.07) is 0. The number of rotatable bonds is 5. The van der Waals surface area contributed by atoms with E-state index in [1.54, 1.807) is 18.5 Å². The molecule has 0 aromatic carbocycles. The first kappa shape index (κ1) is 14.2. The Bertz CT molecular complexity index is 489. The number of nitrogens with zero attached hydrogens (tertiary/aromatic N) is 2. The first-order valence-corrected chi connectivity index (χ1v) is 7.42. The van der Waals surface area contributed by atoms with Gasteiger partial charge in [-0.2, -0.15) is 5.10 Å². The number of hydrogen-bond donors (Lipinski definition) is 1. The van der Waals surface area contributed by atoms with Crippen LogP contribution in [0.1, 0.15) is 25.1 Å². The fourth-order valence-corrected chi connectivity index (χ4v) is 1.82. The van der Waals surface area contributed by atoms with E-state index in [4.69, 9.17) is 0 Å². The fraction of sp³-hybridized carbons (Fsp3) is 0.727. The predicted octanol–water partition coefficient (Wildman–Crippen LogP) is 0.641. The van der Waals surface area contributed by atoms with Crippen molar-refractivity contribution in [3.63, 3.8) is 0 Å². The number of aromatic nitrogens is 2. The molecule has 98 valence electrons. The largest absolute Gasteiger partial charge is 0.311 e. The summed E-state index contributed by atoms with van der Waals surface area (Å²) in [5, 5.41) is 7.40. The SMILES string of the molecule is Cc1nn(C)cc1CNCC(C)(C)S(C)(=O)=O. The lowest BCUT2D eigenvalue weighted by atomic mass is 10.2. The minimum absolute atomic E-state index is 0.431. The molecule has 5 nitrogen and oxygen atoms in total. The van der Waals surface area contributed by atoms with Gasteiger partial charge in [-0.05, 0) is 20.8 Å². The Morgan fingerprint density at radius 3 is 2.47 bits per heavy atom. The van der Waals surface area contributed by atoms with Gasteiger partial charge in [0.15, 0.2) is 9.84 Å². The Labute approximate surface area is 103 Å². The molecule has 0 unspecified atom stereocenters. The van der Waals surface area contributed by atoms with E-state index in [-0.39, 0.29) is 0 Å². The van der Waals surface area contributed by atoms with Crippen LogP contribution in [0.4, 0.5) is 0 Å². The lowest BCUT2D eigenvalue weighted by Crippen LogP contribution is -2.41. The second-order valence-corrected chi connectivity index (χ2v) is 7.70. The van der Waals surface area contributed by atoms with Gasteiger partial charge in [0.25, 0.3) is 0 Å². The Morgan fingerprint density at radius 2 is 2.06 bits per heavy atom. The minimum Gasteiger partial charge on any atom is -0.311 e.